The van der Waals surface area contributed by atoms with Crippen molar-refractivity contribution < 1.29 is 19.7 Å². The first-order valence-corrected chi connectivity index (χ1v) is 2.34. The second kappa shape index (κ2) is 4.69. The number of methoxy groups -OCH3 is 3. The maximum Gasteiger partial charge on any atom is 0.279 e. The highest BCUT2D eigenvalue weighted by atomic mass is 16.9. The summed E-state index contributed by atoms with van der Waals surface area (Å²) in [5.41, 5.74) is 0. The number of rotatable bonds is 3. The van der Waals surface area contributed by atoms with Gasteiger partial charge in [-0.3, -0.25) is 0 Å². The van der Waals surface area contributed by atoms with Crippen molar-refractivity contribution in [1.82, 2.24) is 0 Å². The fraction of sp³-hybridized carbons (Fsp3) is 1.00. The van der Waals surface area contributed by atoms with Gasteiger partial charge in [0.25, 0.3) is 5.97 Å². The van der Waals surface area contributed by atoms with Crippen LogP contribution in [0.4, 0.5) is 0 Å². The molecular weight excluding hydrogens is 124 g/mol. The number of hydrogen-bond donors (Lipinski definition) is 0. The van der Waals surface area contributed by atoms with Crippen LogP contribution in [0.2, 0.25) is 0 Å². The molecule has 0 aliphatic carbocycles. The lowest BCUT2D eigenvalue weighted by molar-refractivity contribution is -0.340. The minimum Gasteiger partial charge on any atom is -0.412 e. The minimum atomic E-state index is -0.875. The summed E-state index contributed by atoms with van der Waals surface area (Å²) in [5, 5.41) is 0. The molecule has 9 heavy (non-hydrogen) atoms. The molecule has 2 N–H and O–H groups in total. The Hall–Kier alpha value is -0.160. The van der Waals surface area contributed by atoms with Crippen LogP contribution in [0.3, 0.4) is 0 Å². The molecule has 0 bridgehead atoms. The average molecular weight is 138 g/mol. The number of ether oxygens (including phenoxy) is 3. The van der Waals surface area contributed by atoms with Gasteiger partial charge in [0.15, 0.2) is 0 Å². The van der Waals surface area contributed by atoms with Gasteiger partial charge in [-0.15, -0.1) is 0 Å². The third-order valence-corrected chi connectivity index (χ3v) is 1.11. The van der Waals surface area contributed by atoms with E-state index in [1.165, 1.54) is 21.3 Å². The quantitative estimate of drug-likeness (QED) is 0.506. The molecule has 0 aliphatic heterocycles. The van der Waals surface area contributed by atoms with Gasteiger partial charge in [0.2, 0.25) is 0 Å². The largest absolute Gasteiger partial charge is 0.412 e. The zero-order chi connectivity index (χ0) is 6.62. The topological polar surface area (TPSA) is 59.2 Å². The van der Waals surface area contributed by atoms with Crippen molar-refractivity contribution in [2.75, 3.05) is 21.3 Å². The molecule has 0 aliphatic rings. The van der Waals surface area contributed by atoms with Crippen LogP contribution in [0.5, 0.6) is 0 Å². The maximum absolute atomic E-state index is 4.79. The summed E-state index contributed by atoms with van der Waals surface area (Å²) in [6, 6.07) is 0. The Bertz CT molecular complexity index is 51.7. The monoisotopic (exact) mass is 138 g/mol. The Morgan fingerprint density at radius 3 is 1.11 bits per heavy atom. The van der Waals surface area contributed by atoms with Gasteiger partial charge in [0.1, 0.15) is 0 Å². The van der Waals surface area contributed by atoms with Gasteiger partial charge in [0.05, 0.1) is 0 Å². The Morgan fingerprint density at radius 2 is 1.11 bits per heavy atom. The SMILES string of the molecule is COC(C)(OC)OC.O. The molecule has 0 spiro atoms. The second-order valence-corrected chi connectivity index (χ2v) is 1.47. The van der Waals surface area contributed by atoms with Crippen molar-refractivity contribution in [1.29, 1.82) is 0 Å². The van der Waals surface area contributed by atoms with Crippen LogP contribution in [-0.2, 0) is 14.2 Å². The molecule has 0 rings (SSSR count). The molecule has 0 saturated heterocycles. The lowest BCUT2D eigenvalue weighted by Gasteiger charge is -2.23. The number of hydrogen-bond acceptors (Lipinski definition) is 3. The average Bonchev–Trinajstić information content (AvgIpc) is 1.87. The molecule has 0 amide bonds. The lowest BCUT2D eigenvalue weighted by atomic mass is 10.6. The molecular formula is C5H14O4. The highest BCUT2D eigenvalue weighted by Gasteiger charge is 2.20. The van der Waals surface area contributed by atoms with Gasteiger partial charge in [-0.1, -0.05) is 0 Å². The zero-order valence-electron chi connectivity index (χ0n) is 6.22. The molecule has 4 heteroatoms. The molecule has 0 fully saturated rings. The van der Waals surface area contributed by atoms with Crippen LogP contribution in [0.1, 0.15) is 6.92 Å². The van der Waals surface area contributed by atoms with Crippen molar-refractivity contribution in [3.05, 3.63) is 0 Å². The van der Waals surface area contributed by atoms with Crippen molar-refractivity contribution in [3.63, 3.8) is 0 Å². The summed E-state index contributed by atoms with van der Waals surface area (Å²) >= 11 is 0. The highest BCUT2D eigenvalue weighted by molar-refractivity contribution is 4.38. The standard InChI is InChI=1S/C5H12O3.H2O/c1-5(6-2,7-3)8-4;/h1-4H3;1H2. The Balaban J connectivity index is 0. The third kappa shape index (κ3) is 3.42. The maximum atomic E-state index is 4.79. The first-order chi connectivity index (χ1) is 3.68. The van der Waals surface area contributed by atoms with Crippen LogP contribution in [-0.4, -0.2) is 32.8 Å². The van der Waals surface area contributed by atoms with Gasteiger partial charge in [-0.2, -0.15) is 0 Å². The van der Waals surface area contributed by atoms with E-state index in [4.69, 9.17) is 14.2 Å². The van der Waals surface area contributed by atoms with E-state index < -0.39 is 5.97 Å². The first kappa shape index (κ1) is 11.6. The van der Waals surface area contributed by atoms with Crippen LogP contribution in [0.15, 0.2) is 0 Å². The van der Waals surface area contributed by atoms with Crippen molar-refractivity contribution in [2.24, 2.45) is 0 Å². The van der Waals surface area contributed by atoms with Gasteiger partial charge in [0, 0.05) is 28.3 Å². The van der Waals surface area contributed by atoms with Crippen molar-refractivity contribution in [3.8, 4) is 0 Å². The van der Waals surface area contributed by atoms with E-state index in [0.717, 1.165) is 0 Å². The van der Waals surface area contributed by atoms with E-state index in [0.29, 0.717) is 0 Å². The smallest absolute Gasteiger partial charge is 0.279 e. The third-order valence-electron chi connectivity index (χ3n) is 1.11. The van der Waals surface area contributed by atoms with Crippen molar-refractivity contribution >= 4 is 0 Å². The predicted octanol–water partition coefficient (Wildman–Crippen LogP) is -0.225. The van der Waals surface area contributed by atoms with Crippen LogP contribution in [0, 0.1) is 0 Å². The highest BCUT2D eigenvalue weighted by Crippen LogP contribution is 2.08. The summed E-state index contributed by atoms with van der Waals surface area (Å²) in [5.74, 6) is -0.875. The Morgan fingerprint density at radius 1 is 0.889 bits per heavy atom. The van der Waals surface area contributed by atoms with E-state index in [1.807, 2.05) is 0 Å². The summed E-state index contributed by atoms with van der Waals surface area (Å²) in [6.07, 6.45) is 0. The molecule has 0 atom stereocenters. The fourth-order valence-electron chi connectivity index (χ4n) is 0.250. The molecule has 0 radical (unpaired) electrons. The van der Waals surface area contributed by atoms with E-state index in [1.54, 1.807) is 6.92 Å². The normalized spacial score (nSPS) is 10.7. The van der Waals surface area contributed by atoms with Crippen LogP contribution < -0.4 is 0 Å². The minimum absolute atomic E-state index is 0. The van der Waals surface area contributed by atoms with Gasteiger partial charge in [-0.05, 0) is 0 Å². The van der Waals surface area contributed by atoms with E-state index in [9.17, 15) is 0 Å². The molecule has 0 unspecified atom stereocenters. The lowest BCUT2D eigenvalue weighted by Crippen LogP contribution is -2.31. The van der Waals surface area contributed by atoms with E-state index in [2.05, 4.69) is 0 Å². The molecule has 0 saturated carbocycles. The Kier molecular flexibility index (Phi) is 6.06. The molecule has 0 heterocycles. The summed E-state index contributed by atoms with van der Waals surface area (Å²) in [7, 11) is 4.56. The zero-order valence-corrected chi connectivity index (χ0v) is 6.22. The molecule has 4 nitrogen and oxygen atoms in total. The second-order valence-electron chi connectivity index (χ2n) is 1.47. The Labute approximate surface area is 55.0 Å². The van der Waals surface area contributed by atoms with Gasteiger partial charge < -0.3 is 19.7 Å². The first-order valence-electron chi connectivity index (χ1n) is 2.34. The van der Waals surface area contributed by atoms with Gasteiger partial charge >= 0.3 is 0 Å². The van der Waals surface area contributed by atoms with E-state index >= 15 is 0 Å². The van der Waals surface area contributed by atoms with Crippen LogP contribution >= 0.6 is 0 Å². The van der Waals surface area contributed by atoms with Gasteiger partial charge in [-0.25, -0.2) is 0 Å². The van der Waals surface area contributed by atoms with E-state index in [-0.39, 0.29) is 5.48 Å². The van der Waals surface area contributed by atoms with Crippen molar-refractivity contribution in [2.45, 2.75) is 12.9 Å². The summed E-state index contributed by atoms with van der Waals surface area (Å²) in [4.78, 5) is 0. The van der Waals surface area contributed by atoms with Crippen LogP contribution in [0.25, 0.3) is 0 Å². The molecule has 0 aromatic rings. The fourth-order valence-corrected chi connectivity index (χ4v) is 0.250. The molecule has 0 aromatic heterocycles. The summed E-state index contributed by atoms with van der Waals surface area (Å²) in [6.45, 7) is 1.69. The molecule has 0 aromatic carbocycles. The molecule has 58 valence electrons. The predicted molar refractivity (Wildman–Crippen MR) is 33.0 cm³/mol. The summed E-state index contributed by atoms with van der Waals surface area (Å²) < 4.78 is 14.4.